The second-order valence-corrected chi connectivity index (χ2v) is 3.48. The third-order valence-electron chi connectivity index (χ3n) is 1.66. The number of nitrogens with zero attached hydrogens (tertiary/aromatic N) is 2. The monoisotopic (exact) mass is 338 g/mol. The fraction of sp³-hybridized carbons (Fsp3) is 0.600. The zero-order valence-corrected chi connectivity index (χ0v) is 12.2. The first-order valence-electron chi connectivity index (χ1n) is 5.16. The van der Waals surface area contributed by atoms with Crippen LogP contribution in [-0.2, 0) is 6.54 Å². The molecule has 0 fully saturated rings. The summed E-state index contributed by atoms with van der Waals surface area (Å²) >= 11 is 0. The summed E-state index contributed by atoms with van der Waals surface area (Å²) in [5, 5.41) is 10.2. The van der Waals surface area contributed by atoms with Gasteiger partial charge in [0.2, 0.25) is 0 Å². The van der Waals surface area contributed by atoms with Crippen molar-refractivity contribution in [1.82, 2.24) is 15.8 Å². The van der Waals surface area contributed by atoms with E-state index in [4.69, 9.17) is 4.52 Å². The number of rotatable bonds is 4. The molecule has 0 aliphatic rings. The minimum absolute atomic E-state index is 0. The van der Waals surface area contributed by atoms with E-state index < -0.39 is 0 Å². The van der Waals surface area contributed by atoms with Gasteiger partial charge in [-0.15, -0.1) is 24.0 Å². The van der Waals surface area contributed by atoms with Crippen LogP contribution in [0.25, 0.3) is 0 Å². The number of guanidine groups is 1. The van der Waals surface area contributed by atoms with Gasteiger partial charge < -0.3 is 15.2 Å². The highest BCUT2D eigenvalue weighted by Gasteiger charge is 2.00. The lowest BCUT2D eigenvalue weighted by molar-refractivity contribution is 0.412. The molecule has 6 heteroatoms. The van der Waals surface area contributed by atoms with Gasteiger partial charge in [-0.2, -0.15) is 0 Å². The van der Waals surface area contributed by atoms with Crippen molar-refractivity contribution in [2.75, 3.05) is 6.54 Å². The van der Waals surface area contributed by atoms with Gasteiger partial charge >= 0.3 is 0 Å². The van der Waals surface area contributed by atoms with Crippen LogP contribution in [0.1, 0.15) is 26.5 Å². The molecular weight excluding hydrogens is 319 g/mol. The van der Waals surface area contributed by atoms with Crippen LogP contribution in [0.15, 0.2) is 21.8 Å². The molecule has 0 atom stereocenters. The van der Waals surface area contributed by atoms with Crippen LogP contribution in [0.5, 0.6) is 0 Å². The molecule has 0 amide bonds. The van der Waals surface area contributed by atoms with E-state index in [1.54, 1.807) is 6.26 Å². The number of nitrogens with one attached hydrogen (secondary N) is 2. The molecule has 1 rings (SSSR count). The zero-order valence-electron chi connectivity index (χ0n) is 9.86. The Morgan fingerprint density at radius 3 is 2.81 bits per heavy atom. The minimum atomic E-state index is 0. The molecule has 0 saturated carbocycles. The molecule has 0 spiro atoms. The maximum atomic E-state index is 4.73. The molecule has 0 aliphatic heterocycles. The Hall–Kier alpha value is -0.790. The molecule has 1 aromatic rings. The summed E-state index contributed by atoms with van der Waals surface area (Å²) in [6.45, 7) is 7.55. The summed E-state index contributed by atoms with van der Waals surface area (Å²) in [7, 11) is 0. The Kier molecular flexibility index (Phi) is 7.96. The summed E-state index contributed by atoms with van der Waals surface area (Å²) in [5.74, 6) is 0.801. The average molecular weight is 338 g/mol. The third-order valence-corrected chi connectivity index (χ3v) is 1.66. The summed E-state index contributed by atoms with van der Waals surface area (Å²) in [4.78, 5) is 4.37. The Morgan fingerprint density at radius 1 is 1.56 bits per heavy atom. The molecule has 0 unspecified atom stereocenters. The summed E-state index contributed by atoms with van der Waals surface area (Å²) < 4.78 is 4.73. The smallest absolute Gasteiger partial charge is 0.191 e. The van der Waals surface area contributed by atoms with Crippen molar-refractivity contribution in [3.05, 3.63) is 18.0 Å². The van der Waals surface area contributed by atoms with Crippen molar-refractivity contribution >= 4 is 29.9 Å². The first kappa shape index (κ1) is 15.2. The fourth-order valence-electron chi connectivity index (χ4n) is 1.07. The molecule has 1 aromatic heterocycles. The summed E-state index contributed by atoms with van der Waals surface area (Å²) in [6.07, 6.45) is 1.55. The van der Waals surface area contributed by atoms with Crippen molar-refractivity contribution in [2.45, 2.75) is 33.4 Å². The maximum absolute atomic E-state index is 4.73. The lowest BCUT2D eigenvalue weighted by Crippen LogP contribution is -2.41. The standard InChI is InChI=1S/C10H18N4O.HI/c1-4-11-10(13-8(2)3)12-7-9-5-6-15-14-9;/h5-6,8H,4,7H2,1-3H3,(H2,11,12,13);1H. The highest BCUT2D eigenvalue weighted by atomic mass is 127. The number of aromatic nitrogens is 1. The topological polar surface area (TPSA) is 62.5 Å². The van der Waals surface area contributed by atoms with Crippen molar-refractivity contribution < 1.29 is 4.52 Å². The average Bonchev–Trinajstić information content (AvgIpc) is 2.66. The van der Waals surface area contributed by atoms with Gasteiger partial charge in [-0.25, -0.2) is 4.99 Å². The van der Waals surface area contributed by atoms with Gasteiger partial charge in [-0.1, -0.05) is 5.16 Å². The molecule has 0 aromatic carbocycles. The summed E-state index contributed by atoms with van der Waals surface area (Å²) in [6, 6.07) is 2.17. The number of hydrogen-bond donors (Lipinski definition) is 2. The van der Waals surface area contributed by atoms with E-state index in [2.05, 4.69) is 34.6 Å². The predicted octanol–water partition coefficient (Wildman–Crippen LogP) is 1.76. The van der Waals surface area contributed by atoms with E-state index in [0.29, 0.717) is 12.6 Å². The van der Waals surface area contributed by atoms with Crippen molar-refractivity contribution in [3.8, 4) is 0 Å². The Balaban J connectivity index is 0.00000225. The number of hydrogen-bond acceptors (Lipinski definition) is 3. The van der Waals surface area contributed by atoms with Crippen LogP contribution >= 0.6 is 24.0 Å². The van der Waals surface area contributed by atoms with Crippen molar-refractivity contribution in [2.24, 2.45) is 4.99 Å². The molecule has 2 N–H and O–H groups in total. The normalized spacial score (nSPS) is 11.1. The van der Waals surface area contributed by atoms with Crippen LogP contribution in [0, 0.1) is 0 Å². The molecular formula is C10H19IN4O. The van der Waals surface area contributed by atoms with E-state index in [9.17, 15) is 0 Å². The number of halogens is 1. The SMILES string of the molecule is CCNC(=NCc1ccon1)NC(C)C.I. The van der Waals surface area contributed by atoms with Gasteiger partial charge in [0, 0.05) is 18.7 Å². The van der Waals surface area contributed by atoms with E-state index in [1.807, 2.05) is 13.0 Å². The van der Waals surface area contributed by atoms with Crippen LogP contribution in [0.3, 0.4) is 0 Å². The zero-order chi connectivity index (χ0) is 11.1. The van der Waals surface area contributed by atoms with Gasteiger partial charge in [-0.05, 0) is 20.8 Å². The van der Waals surface area contributed by atoms with Crippen LogP contribution in [-0.4, -0.2) is 23.7 Å². The molecule has 0 aliphatic carbocycles. The first-order chi connectivity index (χ1) is 7.22. The summed E-state index contributed by atoms with van der Waals surface area (Å²) in [5.41, 5.74) is 0.830. The second kappa shape index (κ2) is 8.37. The lowest BCUT2D eigenvalue weighted by atomic mass is 10.4. The molecule has 1 heterocycles. The Labute approximate surface area is 113 Å². The van der Waals surface area contributed by atoms with Crippen molar-refractivity contribution in [3.63, 3.8) is 0 Å². The van der Waals surface area contributed by atoms with Gasteiger partial charge in [0.15, 0.2) is 5.96 Å². The minimum Gasteiger partial charge on any atom is -0.364 e. The number of aliphatic imine (C=N–C) groups is 1. The van der Waals surface area contributed by atoms with Gasteiger partial charge in [0.1, 0.15) is 12.0 Å². The first-order valence-corrected chi connectivity index (χ1v) is 5.16. The highest BCUT2D eigenvalue weighted by molar-refractivity contribution is 14.0. The largest absolute Gasteiger partial charge is 0.364 e. The van der Waals surface area contributed by atoms with E-state index in [-0.39, 0.29) is 24.0 Å². The second-order valence-electron chi connectivity index (χ2n) is 3.48. The van der Waals surface area contributed by atoms with Gasteiger partial charge in [-0.3, -0.25) is 0 Å². The predicted molar refractivity (Wildman–Crippen MR) is 75.0 cm³/mol. The lowest BCUT2D eigenvalue weighted by Gasteiger charge is -2.13. The van der Waals surface area contributed by atoms with Crippen LogP contribution in [0.2, 0.25) is 0 Å². The molecule has 92 valence electrons. The molecule has 0 bridgehead atoms. The van der Waals surface area contributed by atoms with Gasteiger partial charge in [0.05, 0.1) is 6.54 Å². The highest BCUT2D eigenvalue weighted by Crippen LogP contribution is 1.96. The quantitative estimate of drug-likeness (QED) is 0.499. The Morgan fingerprint density at radius 2 is 2.31 bits per heavy atom. The fourth-order valence-corrected chi connectivity index (χ4v) is 1.07. The molecule has 0 saturated heterocycles. The maximum Gasteiger partial charge on any atom is 0.191 e. The van der Waals surface area contributed by atoms with E-state index in [0.717, 1.165) is 18.2 Å². The third kappa shape index (κ3) is 5.94. The molecule has 0 radical (unpaired) electrons. The Bertz CT molecular complexity index is 298. The van der Waals surface area contributed by atoms with E-state index in [1.165, 1.54) is 0 Å². The van der Waals surface area contributed by atoms with Gasteiger partial charge in [0.25, 0.3) is 0 Å². The van der Waals surface area contributed by atoms with Crippen LogP contribution in [0.4, 0.5) is 0 Å². The van der Waals surface area contributed by atoms with E-state index >= 15 is 0 Å². The molecule has 16 heavy (non-hydrogen) atoms. The molecule has 5 nitrogen and oxygen atoms in total. The van der Waals surface area contributed by atoms with Crippen LogP contribution < -0.4 is 10.6 Å². The van der Waals surface area contributed by atoms with Crippen molar-refractivity contribution in [1.29, 1.82) is 0 Å².